The second-order valence-electron chi connectivity index (χ2n) is 3.08. The van der Waals surface area contributed by atoms with Gasteiger partial charge in [-0.25, -0.2) is 13.8 Å². The van der Waals surface area contributed by atoms with Crippen molar-refractivity contribution >= 4 is 28.6 Å². The van der Waals surface area contributed by atoms with E-state index in [1.54, 1.807) is 22.6 Å². The molecular weight excluding hydrogens is 347 g/mol. The van der Waals surface area contributed by atoms with Crippen molar-refractivity contribution in [3.63, 3.8) is 0 Å². The summed E-state index contributed by atoms with van der Waals surface area (Å²) < 4.78 is 35.2. The fourth-order valence-electron chi connectivity index (χ4n) is 1.23. The van der Waals surface area contributed by atoms with E-state index < -0.39 is 18.1 Å². The Morgan fingerprint density at radius 1 is 1.53 bits per heavy atom. The third kappa shape index (κ3) is 3.48. The molecule has 1 heterocycles. The number of aromatic nitrogens is 1. The van der Waals surface area contributed by atoms with E-state index in [4.69, 9.17) is 4.74 Å². The summed E-state index contributed by atoms with van der Waals surface area (Å²) in [6.45, 7) is 0. The van der Waals surface area contributed by atoms with Gasteiger partial charge in [-0.2, -0.15) is 0 Å². The van der Waals surface area contributed by atoms with Crippen LogP contribution in [0.15, 0.2) is 6.07 Å². The zero-order valence-electron chi connectivity index (χ0n) is 9.17. The van der Waals surface area contributed by atoms with Gasteiger partial charge in [-0.3, -0.25) is 4.79 Å². The molecule has 0 N–H and O–H groups in total. The Morgan fingerprint density at radius 3 is 2.65 bits per heavy atom. The van der Waals surface area contributed by atoms with Gasteiger partial charge in [-0.05, 0) is 34.2 Å². The number of nitrogens with zero attached hydrogens (tertiary/aromatic N) is 1. The smallest absolute Gasteiger partial charge is 0.310 e. The minimum atomic E-state index is -2.74. The third-order valence-electron chi connectivity index (χ3n) is 2.05. The lowest BCUT2D eigenvalue weighted by atomic mass is 10.1. The number of hydrogen-bond donors (Lipinski definition) is 0. The molecule has 0 radical (unpaired) electrons. The lowest BCUT2D eigenvalue weighted by Gasteiger charge is -2.10. The molecule has 0 aliphatic rings. The molecule has 1 aromatic heterocycles. The molecule has 0 spiro atoms. The van der Waals surface area contributed by atoms with Crippen molar-refractivity contribution < 1.29 is 23.0 Å². The first-order chi connectivity index (χ1) is 7.99. The summed E-state index contributed by atoms with van der Waals surface area (Å²) in [4.78, 5) is 14.8. The SMILES string of the molecule is COC(=O)Cc1cc(OC)c(I)nc1C(F)F. The van der Waals surface area contributed by atoms with Crippen LogP contribution in [-0.2, 0) is 16.0 Å². The van der Waals surface area contributed by atoms with Crippen LogP contribution >= 0.6 is 22.6 Å². The summed E-state index contributed by atoms with van der Waals surface area (Å²) in [5.41, 5.74) is -0.301. The van der Waals surface area contributed by atoms with Gasteiger partial charge in [-0.15, -0.1) is 0 Å². The number of rotatable bonds is 4. The van der Waals surface area contributed by atoms with E-state index in [0.717, 1.165) is 0 Å². The van der Waals surface area contributed by atoms with Crippen LogP contribution in [0, 0.1) is 3.70 Å². The first kappa shape index (κ1) is 14.1. The number of carbonyl (C=O) groups excluding carboxylic acids is 1. The van der Waals surface area contributed by atoms with E-state index in [0.29, 0.717) is 9.45 Å². The maximum atomic E-state index is 12.7. The maximum absolute atomic E-state index is 12.7. The van der Waals surface area contributed by atoms with Gasteiger partial charge in [0.2, 0.25) is 0 Å². The molecule has 7 heteroatoms. The van der Waals surface area contributed by atoms with Crippen molar-refractivity contribution in [3.8, 4) is 5.75 Å². The van der Waals surface area contributed by atoms with Crippen LogP contribution in [0.25, 0.3) is 0 Å². The molecule has 0 unspecified atom stereocenters. The van der Waals surface area contributed by atoms with Crippen LogP contribution in [0.1, 0.15) is 17.7 Å². The first-order valence-corrected chi connectivity index (χ1v) is 5.65. The molecule has 0 saturated heterocycles. The highest BCUT2D eigenvalue weighted by molar-refractivity contribution is 14.1. The lowest BCUT2D eigenvalue weighted by molar-refractivity contribution is -0.139. The van der Waals surface area contributed by atoms with Crippen molar-refractivity contribution in [2.24, 2.45) is 0 Å². The number of carbonyl (C=O) groups is 1. The predicted octanol–water partition coefficient (Wildman–Crippen LogP) is 2.35. The number of ether oxygens (including phenoxy) is 2. The Bertz CT molecular complexity index is 426. The van der Waals surface area contributed by atoms with E-state index in [-0.39, 0.29) is 12.0 Å². The normalized spacial score (nSPS) is 10.5. The van der Waals surface area contributed by atoms with E-state index in [1.807, 2.05) is 0 Å². The topological polar surface area (TPSA) is 48.4 Å². The van der Waals surface area contributed by atoms with E-state index >= 15 is 0 Å². The Morgan fingerprint density at radius 2 is 2.18 bits per heavy atom. The van der Waals surface area contributed by atoms with Crippen molar-refractivity contribution in [2.45, 2.75) is 12.8 Å². The molecule has 0 amide bonds. The van der Waals surface area contributed by atoms with Crippen molar-refractivity contribution in [1.82, 2.24) is 4.98 Å². The van der Waals surface area contributed by atoms with Crippen LogP contribution in [0.3, 0.4) is 0 Å². The van der Waals surface area contributed by atoms with Crippen molar-refractivity contribution in [2.75, 3.05) is 14.2 Å². The summed E-state index contributed by atoms with van der Waals surface area (Å²) in [5.74, 6) is -0.245. The minimum absolute atomic E-state index is 0.115. The van der Waals surface area contributed by atoms with Gasteiger partial charge in [0.05, 0.1) is 20.6 Å². The minimum Gasteiger partial charge on any atom is -0.494 e. The van der Waals surface area contributed by atoms with Crippen LogP contribution in [0.2, 0.25) is 0 Å². The van der Waals surface area contributed by atoms with Crippen molar-refractivity contribution in [1.29, 1.82) is 0 Å². The molecule has 17 heavy (non-hydrogen) atoms. The van der Waals surface area contributed by atoms with E-state index in [2.05, 4.69) is 9.72 Å². The van der Waals surface area contributed by atoms with Gasteiger partial charge < -0.3 is 9.47 Å². The number of pyridine rings is 1. The number of methoxy groups -OCH3 is 2. The largest absolute Gasteiger partial charge is 0.494 e. The second-order valence-corrected chi connectivity index (χ2v) is 4.10. The number of hydrogen-bond acceptors (Lipinski definition) is 4. The highest BCUT2D eigenvalue weighted by Crippen LogP contribution is 2.28. The Labute approximate surface area is 110 Å². The zero-order chi connectivity index (χ0) is 13.0. The van der Waals surface area contributed by atoms with Gasteiger partial charge >= 0.3 is 5.97 Å². The van der Waals surface area contributed by atoms with Crippen LogP contribution in [0.4, 0.5) is 8.78 Å². The summed E-state index contributed by atoms with van der Waals surface area (Å²) >= 11 is 1.79. The highest BCUT2D eigenvalue weighted by atomic mass is 127. The van der Waals surface area contributed by atoms with Gasteiger partial charge in [-0.1, -0.05) is 0 Å². The molecule has 0 aliphatic carbocycles. The van der Waals surface area contributed by atoms with E-state index in [9.17, 15) is 13.6 Å². The molecule has 0 atom stereocenters. The van der Waals surface area contributed by atoms with Crippen molar-refractivity contribution in [3.05, 3.63) is 21.0 Å². The Hall–Kier alpha value is -0.990. The fourth-order valence-corrected chi connectivity index (χ4v) is 1.86. The van der Waals surface area contributed by atoms with Gasteiger partial charge in [0, 0.05) is 0 Å². The molecule has 0 bridgehead atoms. The maximum Gasteiger partial charge on any atom is 0.310 e. The summed E-state index contributed by atoms with van der Waals surface area (Å²) in [5, 5.41) is 0. The van der Waals surface area contributed by atoms with Gasteiger partial charge in [0.15, 0.2) is 5.75 Å². The quantitative estimate of drug-likeness (QED) is 0.472. The monoisotopic (exact) mass is 357 g/mol. The van der Waals surface area contributed by atoms with Crippen LogP contribution in [0.5, 0.6) is 5.75 Å². The van der Waals surface area contributed by atoms with Crippen LogP contribution in [-0.4, -0.2) is 25.2 Å². The standard InChI is InChI=1S/C10H10F2INO3/c1-16-6-3-5(4-7(15)17-2)8(9(11)12)14-10(6)13/h3,9H,4H2,1-2H3. The lowest BCUT2D eigenvalue weighted by Crippen LogP contribution is -2.10. The average molecular weight is 357 g/mol. The summed E-state index contributed by atoms with van der Waals surface area (Å²) in [6, 6.07) is 1.38. The molecule has 94 valence electrons. The van der Waals surface area contributed by atoms with E-state index in [1.165, 1.54) is 20.3 Å². The number of esters is 1. The third-order valence-corrected chi connectivity index (χ3v) is 2.82. The highest BCUT2D eigenvalue weighted by Gasteiger charge is 2.20. The van der Waals surface area contributed by atoms with Crippen LogP contribution < -0.4 is 4.74 Å². The predicted molar refractivity (Wildman–Crippen MR) is 64.2 cm³/mol. The number of halogens is 3. The molecular formula is C10H10F2INO3. The second kappa shape index (κ2) is 6.08. The average Bonchev–Trinajstić information content (AvgIpc) is 2.30. The molecule has 0 saturated carbocycles. The molecule has 1 aromatic rings. The Balaban J connectivity index is 3.19. The van der Waals surface area contributed by atoms with Gasteiger partial charge in [0.1, 0.15) is 9.39 Å². The first-order valence-electron chi connectivity index (χ1n) is 4.57. The molecule has 1 rings (SSSR count). The molecule has 0 aromatic carbocycles. The summed E-state index contributed by atoms with van der Waals surface area (Å²) in [6.07, 6.45) is -3.00. The fraction of sp³-hybridized carbons (Fsp3) is 0.400. The molecule has 0 fully saturated rings. The summed E-state index contributed by atoms with van der Waals surface area (Å²) in [7, 11) is 2.60. The Kier molecular flexibility index (Phi) is 5.03. The zero-order valence-corrected chi connectivity index (χ0v) is 11.3. The molecule has 4 nitrogen and oxygen atoms in total. The molecule has 0 aliphatic heterocycles. The number of alkyl halides is 2. The van der Waals surface area contributed by atoms with Gasteiger partial charge in [0.25, 0.3) is 6.43 Å².